The molecule has 1 saturated heterocycles. The van der Waals surface area contributed by atoms with E-state index in [0.29, 0.717) is 15.1 Å². The third-order valence-electron chi connectivity index (χ3n) is 5.92. The van der Waals surface area contributed by atoms with E-state index in [1.54, 1.807) is 24.6 Å². The number of aliphatic imine (C=N–C) groups is 1. The normalized spacial score (nSPS) is 24.0. The summed E-state index contributed by atoms with van der Waals surface area (Å²) in [5, 5.41) is 7.06. The van der Waals surface area contributed by atoms with Crippen LogP contribution in [0.5, 0.6) is 0 Å². The van der Waals surface area contributed by atoms with Crippen molar-refractivity contribution in [3.63, 3.8) is 0 Å². The van der Waals surface area contributed by atoms with E-state index in [1.807, 2.05) is 35.7 Å². The molecule has 1 fully saturated rings. The van der Waals surface area contributed by atoms with Crippen LogP contribution in [0.1, 0.15) is 5.56 Å². The van der Waals surface area contributed by atoms with E-state index in [-0.39, 0.29) is 6.04 Å². The maximum atomic E-state index is 13.0. The molecule has 0 saturated carbocycles. The zero-order chi connectivity index (χ0) is 21.4. The quantitative estimate of drug-likeness (QED) is 0.663. The van der Waals surface area contributed by atoms with Gasteiger partial charge in [-0.05, 0) is 23.1 Å². The molecule has 0 aliphatic carbocycles. The van der Waals surface area contributed by atoms with Gasteiger partial charge in [0.05, 0.1) is 29.0 Å². The smallest absolute Gasteiger partial charge is 0.273 e. The topological polar surface area (TPSA) is 65.0 Å². The molecule has 3 aliphatic rings. The van der Waals surface area contributed by atoms with Crippen molar-refractivity contribution in [1.29, 1.82) is 0 Å². The molecule has 4 heterocycles. The number of fused-ring (bicyclic) bond motifs is 1. The molecule has 0 bridgehead atoms. The van der Waals surface area contributed by atoms with Crippen molar-refractivity contribution < 1.29 is 8.42 Å². The van der Waals surface area contributed by atoms with Gasteiger partial charge >= 0.3 is 0 Å². The van der Waals surface area contributed by atoms with Crippen molar-refractivity contribution in [1.82, 2.24) is 4.90 Å². The number of rotatable bonds is 6. The van der Waals surface area contributed by atoms with Crippen LogP contribution in [0.2, 0.25) is 0 Å². The van der Waals surface area contributed by atoms with Crippen molar-refractivity contribution in [2.45, 2.75) is 21.9 Å². The Hall–Kier alpha value is -1.20. The minimum atomic E-state index is -3.56. The fourth-order valence-electron chi connectivity index (χ4n) is 4.25. The molecule has 0 spiro atoms. The first-order valence-electron chi connectivity index (χ1n) is 10.4. The Labute approximate surface area is 196 Å². The average molecular weight is 495 g/mol. The van der Waals surface area contributed by atoms with E-state index >= 15 is 0 Å². The third kappa shape index (κ3) is 4.37. The van der Waals surface area contributed by atoms with E-state index in [2.05, 4.69) is 16.3 Å². The van der Waals surface area contributed by atoms with E-state index in [9.17, 15) is 8.42 Å². The predicted octanol–water partition coefficient (Wildman–Crippen LogP) is 3.47. The molecule has 5 rings (SSSR count). The van der Waals surface area contributed by atoms with E-state index in [1.165, 1.54) is 40.2 Å². The molecule has 1 aromatic carbocycles. The first-order valence-corrected chi connectivity index (χ1v) is 14.8. The fraction of sp³-hybridized carbons (Fsp3) is 0.476. The Morgan fingerprint density at radius 3 is 2.84 bits per heavy atom. The zero-order valence-electron chi connectivity index (χ0n) is 17.4. The molecule has 166 valence electrons. The molecule has 0 radical (unpaired) electrons. The molecule has 2 atom stereocenters. The summed E-state index contributed by atoms with van der Waals surface area (Å²) in [7, 11) is -1.93. The minimum Gasteiger partial charge on any atom is -0.374 e. The van der Waals surface area contributed by atoms with Crippen LogP contribution in [0, 0.1) is 0 Å². The van der Waals surface area contributed by atoms with Crippen LogP contribution in [-0.4, -0.2) is 74.4 Å². The SMILES string of the molecule is CN(c1cccc2c1NC(C1=NCC(CN3CCSCC3)S1)C2)S(=O)(=O)c1cccs1. The number of nitrogens with one attached hydrogen (secondary N) is 1. The molecule has 31 heavy (non-hydrogen) atoms. The number of thiophene rings is 1. The van der Waals surface area contributed by atoms with Gasteiger partial charge in [0.1, 0.15) is 4.21 Å². The van der Waals surface area contributed by atoms with Gasteiger partial charge in [-0.25, -0.2) is 8.42 Å². The second-order valence-electron chi connectivity index (χ2n) is 7.95. The third-order valence-corrected chi connectivity index (χ3v) is 11.3. The Morgan fingerprint density at radius 1 is 1.23 bits per heavy atom. The molecule has 10 heteroatoms. The summed E-state index contributed by atoms with van der Waals surface area (Å²) in [6.07, 6.45) is 0.842. The Morgan fingerprint density at radius 2 is 2.06 bits per heavy atom. The standard InChI is InChI=1S/C21H26N4O2S4/c1-24(31(26,27)19-6-3-9-29-19)18-5-2-4-15-12-17(23-20(15)18)21-22-13-16(30-21)14-25-7-10-28-11-8-25/h2-6,9,16-17,23H,7-8,10-14H2,1H3. The van der Waals surface area contributed by atoms with E-state index < -0.39 is 10.0 Å². The van der Waals surface area contributed by atoms with Crippen molar-refractivity contribution >= 4 is 61.3 Å². The summed E-state index contributed by atoms with van der Waals surface area (Å²) < 4.78 is 27.8. The number of benzene rings is 1. The van der Waals surface area contributed by atoms with Crippen LogP contribution in [0.3, 0.4) is 0 Å². The molecule has 2 aromatic rings. The summed E-state index contributed by atoms with van der Waals surface area (Å²) in [4.78, 5) is 7.43. The maximum Gasteiger partial charge on any atom is 0.273 e. The maximum absolute atomic E-state index is 13.0. The number of para-hydroxylation sites is 1. The predicted molar refractivity (Wildman–Crippen MR) is 135 cm³/mol. The van der Waals surface area contributed by atoms with Gasteiger partial charge in [0.2, 0.25) is 0 Å². The van der Waals surface area contributed by atoms with Crippen LogP contribution in [-0.2, 0) is 16.4 Å². The molecule has 1 aromatic heterocycles. The fourth-order valence-corrected chi connectivity index (χ4v) is 8.83. The number of nitrogens with zero attached hydrogens (tertiary/aromatic N) is 3. The van der Waals surface area contributed by atoms with Gasteiger partial charge in [-0.1, -0.05) is 18.2 Å². The van der Waals surface area contributed by atoms with E-state index in [0.717, 1.165) is 35.8 Å². The number of hydrogen-bond donors (Lipinski definition) is 1. The molecule has 2 unspecified atom stereocenters. The van der Waals surface area contributed by atoms with Crippen LogP contribution in [0.25, 0.3) is 0 Å². The summed E-state index contributed by atoms with van der Waals surface area (Å²) in [5.41, 5.74) is 2.75. The Kier molecular flexibility index (Phi) is 6.26. The summed E-state index contributed by atoms with van der Waals surface area (Å²) in [5.74, 6) is 2.46. The van der Waals surface area contributed by atoms with Crippen LogP contribution in [0.15, 0.2) is 44.9 Å². The highest BCUT2D eigenvalue weighted by atomic mass is 32.2. The first-order chi connectivity index (χ1) is 15.0. The second-order valence-corrected chi connectivity index (χ2v) is 13.6. The number of hydrogen-bond acceptors (Lipinski definition) is 8. The minimum absolute atomic E-state index is 0.126. The first kappa shape index (κ1) is 21.6. The van der Waals surface area contributed by atoms with Gasteiger partial charge in [-0.3, -0.25) is 9.30 Å². The molecule has 0 amide bonds. The molecular formula is C21H26N4O2S4. The molecule has 1 N–H and O–H groups in total. The highest BCUT2D eigenvalue weighted by Gasteiger charge is 2.34. The average Bonchev–Trinajstić information content (AvgIpc) is 3.53. The van der Waals surface area contributed by atoms with Crippen molar-refractivity contribution in [3.05, 3.63) is 41.3 Å². The van der Waals surface area contributed by atoms with Gasteiger partial charge < -0.3 is 10.2 Å². The Balaban J connectivity index is 1.28. The van der Waals surface area contributed by atoms with E-state index in [4.69, 9.17) is 4.99 Å². The largest absolute Gasteiger partial charge is 0.374 e. The molecular weight excluding hydrogens is 469 g/mol. The van der Waals surface area contributed by atoms with Crippen LogP contribution in [0.4, 0.5) is 11.4 Å². The summed E-state index contributed by atoms with van der Waals surface area (Å²) in [6.45, 7) is 4.33. The molecule has 6 nitrogen and oxygen atoms in total. The van der Waals surface area contributed by atoms with Gasteiger partial charge in [-0.2, -0.15) is 11.8 Å². The monoisotopic (exact) mass is 494 g/mol. The van der Waals surface area contributed by atoms with Crippen LogP contribution < -0.4 is 9.62 Å². The van der Waals surface area contributed by atoms with Gasteiger partial charge in [0.25, 0.3) is 10.0 Å². The Bertz CT molecular complexity index is 1070. The summed E-state index contributed by atoms with van der Waals surface area (Å²) in [6, 6.07) is 9.45. The lowest BCUT2D eigenvalue weighted by Gasteiger charge is -2.28. The number of anilines is 2. The lowest BCUT2D eigenvalue weighted by atomic mass is 10.1. The highest BCUT2D eigenvalue weighted by Crippen LogP contribution is 2.40. The molecule has 3 aliphatic heterocycles. The van der Waals surface area contributed by atoms with Gasteiger partial charge in [0, 0.05) is 49.9 Å². The number of sulfonamides is 1. The zero-order valence-corrected chi connectivity index (χ0v) is 20.6. The van der Waals surface area contributed by atoms with Crippen molar-refractivity contribution in [2.75, 3.05) is 54.4 Å². The van der Waals surface area contributed by atoms with Gasteiger partial charge in [-0.15, -0.1) is 23.1 Å². The summed E-state index contributed by atoms with van der Waals surface area (Å²) >= 11 is 5.18. The van der Waals surface area contributed by atoms with Crippen molar-refractivity contribution in [3.8, 4) is 0 Å². The number of thioether (sulfide) groups is 2. The second kappa shape index (κ2) is 8.97. The highest BCUT2D eigenvalue weighted by molar-refractivity contribution is 8.15. The van der Waals surface area contributed by atoms with Gasteiger partial charge in [0.15, 0.2) is 0 Å². The van der Waals surface area contributed by atoms with Crippen LogP contribution >= 0.6 is 34.9 Å². The van der Waals surface area contributed by atoms with Crippen molar-refractivity contribution in [2.24, 2.45) is 4.99 Å². The lowest BCUT2D eigenvalue weighted by molar-refractivity contribution is 0.305. The lowest BCUT2D eigenvalue weighted by Crippen LogP contribution is -2.38.